The van der Waals surface area contributed by atoms with E-state index in [0.717, 1.165) is 29.1 Å². The summed E-state index contributed by atoms with van der Waals surface area (Å²) in [5, 5.41) is 0. The van der Waals surface area contributed by atoms with Crippen LogP contribution in [-0.2, 0) is 9.59 Å². The van der Waals surface area contributed by atoms with E-state index < -0.39 is 6.04 Å². The summed E-state index contributed by atoms with van der Waals surface area (Å²) in [6.45, 7) is 3.89. The van der Waals surface area contributed by atoms with Gasteiger partial charge in [-0.3, -0.25) is 14.5 Å². The van der Waals surface area contributed by atoms with Crippen molar-refractivity contribution in [2.24, 2.45) is 5.92 Å². The third kappa shape index (κ3) is 4.20. The van der Waals surface area contributed by atoms with Gasteiger partial charge in [0.1, 0.15) is 18.4 Å². The third-order valence-corrected chi connectivity index (χ3v) is 7.72. The number of benzene rings is 3. The van der Waals surface area contributed by atoms with E-state index in [1.54, 1.807) is 21.9 Å². The van der Waals surface area contributed by atoms with Crippen LogP contribution in [0.25, 0.3) is 5.69 Å². The van der Waals surface area contributed by atoms with Crippen molar-refractivity contribution in [1.29, 1.82) is 0 Å². The average molecular weight is 508 g/mol. The lowest BCUT2D eigenvalue weighted by molar-refractivity contribution is -0.138. The van der Waals surface area contributed by atoms with Crippen LogP contribution in [0.1, 0.15) is 49.0 Å². The van der Waals surface area contributed by atoms with Crippen molar-refractivity contribution >= 4 is 17.5 Å². The summed E-state index contributed by atoms with van der Waals surface area (Å²) in [7, 11) is 0. The molecule has 2 amide bonds. The van der Waals surface area contributed by atoms with Crippen LogP contribution in [0.2, 0.25) is 0 Å². The lowest BCUT2D eigenvalue weighted by Crippen LogP contribution is -2.49. The van der Waals surface area contributed by atoms with Crippen molar-refractivity contribution in [3.8, 4) is 5.69 Å². The lowest BCUT2D eigenvalue weighted by Gasteiger charge is -2.40. The Hall–Kier alpha value is -4.19. The molecule has 0 radical (unpaired) electrons. The molecule has 2 heterocycles. The quantitative estimate of drug-likeness (QED) is 0.317. The number of para-hydroxylation sites is 2. The zero-order chi connectivity index (χ0) is 26.4. The summed E-state index contributed by atoms with van der Waals surface area (Å²) in [5.74, 6) is -0.378. The summed E-state index contributed by atoms with van der Waals surface area (Å²) < 4.78 is 15.9. The minimum absolute atomic E-state index is 0.0224. The van der Waals surface area contributed by atoms with Gasteiger partial charge in [-0.1, -0.05) is 54.6 Å². The monoisotopic (exact) mass is 507 g/mol. The molecule has 2 aliphatic rings. The highest BCUT2D eigenvalue weighted by Gasteiger charge is 2.47. The number of hydrogen-bond donors (Lipinski definition) is 0. The number of amides is 2. The van der Waals surface area contributed by atoms with E-state index >= 15 is 0 Å². The molecule has 1 fully saturated rings. The Bertz CT molecular complexity index is 1480. The van der Waals surface area contributed by atoms with Gasteiger partial charge in [0.05, 0.1) is 17.1 Å². The minimum Gasteiger partial charge on any atom is -0.331 e. The maximum atomic E-state index is 14.2. The van der Waals surface area contributed by atoms with Gasteiger partial charge in [-0.2, -0.15) is 0 Å². The zero-order valence-corrected chi connectivity index (χ0v) is 21.5. The van der Waals surface area contributed by atoms with Gasteiger partial charge in [-0.05, 0) is 73.7 Å². The number of carbonyl (C=O) groups excluding carboxylic acids is 2. The molecule has 6 rings (SSSR count). The molecule has 0 bridgehead atoms. The van der Waals surface area contributed by atoms with E-state index in [2.05, 4.69) is 16.7 Å². The Labute approximate surface area is 222 Å². The van der Waals surface area contributed by atoms with Gasteiger partial charge in [-0.25, -0.2) is 4.39 Å². The van der Waals surface area contributed by atoms with Gasteiger partial charge in [0.25, 0.3) is 0 Å². The second-order valence-electron chi connectivity index (χ2n) is 10.4. The highest BCUT2D eigenvalue weighted by atomic mass is 19.1. The molecule has 1 aromatic heterocycles. The molecular formula is C32H30FN3O2. The Kier molecular flexibility index (Phi) is 6.10. The Morgan fingerprint density at radius 3 is 2.26 bits per heavy atom. The van der Waals surface area contributed by atoms with Gasteiger partial charge < -0.3 is 9.47 Å². The van der Waals surface area contributed by atoms with Crippen LogP contribution in [-0.4, -0.2) is 33.9 Å². The molecule has 1 aliphatic carbocycles. The average Bonchev–Trinajstić information content (AvgIpc) is 3.59. The summed E-state index contributed by atoms with van der Waals surface area (Å²) in [5.41, 5.74) is 4.55. The van der Waals surface area contributed by atoms with Crippen LogP contribution in [0.5, 0.6) is 0 Å². The normalized spacial score (nSPS) is 19.6. The predicted octanol–water partition coefficient (Wildman–Crippen LogP) is 6.09. The van der Waals surface area contributed by atoms with Gasteiger partial charge >= 0.3 is 0 Å². The van der Waals surface area contributed by atoms with Crippen LogP contribution >= 0.6 is 0 Å². The van der Waals surface area contributed by atoms with E-state index in [0.29, 0.717) is 0 Å². The van der Waals surface area contributed by atoms with E-state index in [1.165, 1.54) is 17.7 Å². The number of fused-ring (bicyclic) bond motifs is 3. The molecule has 6 heteroatoms. The first kappa shape index (κ1) is 24.2. The maximum Gasteiger partial charge on any atom is 0.247 e. The fraction of sp³-hybridized carbons (Fsp3) is 0.250. The predicted molar refractivity (Wildman–Crippen MR) is 146 cm³/mol. The third-order valence-electron chi connectivity index (χ3n) is 7.72. The molecular weight excluding hydrogens is 477 g/mol. The van der Waals surface area contributed by atoms with Crippen LogP contribution < -0.4 is 4.90 Å². The van der Waals surface area contributed by atoms with Crippen LogP contribution in [0.3, 0.4) is 0 Å². The second kappa shape index (κ2) is 9.60. The first-order valence-corrected chi connectivity index (χ1v) is 13.1. The second-order valence-corrected chi connectivity index (χ2v) is 10.4. The Morgan fingerprint density at radius 2 is 1.55 bits per heavy atom. The van der Waals surface area contributed by atoms with Gasteiger partial charge in [0.15, 0.2) is 0 Å². The summed E-state index contributed by atoms with van der Waals surface area (Å²) in [4.78, 5) is 31.4. The largest absolute Gasteiger partial charge is 0.331 e. The van der Waals surface area contributed by atoms with E-state index in [-0.39, 0.29) is 42.1 Å². The first-order valence-electron chi connectivity index (χ1n) is 13.1. The summed E-state index contributed by atoms with van der Waals surface area (Å²) >= 11 is 0. The number of hydrogen-bond acceptors (Lipinski definition) is 2. The molecule has 3 unspecified atom stereocenters. The molecule has 1 aliphatic heterocycles. The molecule has 1 saturated carbocycles. The SMILES string of the molecule is CC(C)N(CC(=O)N1c2ccccc2-n2cccc2C1c1ccc(F)cc1)C(=O)C1CC1c1ccccc1. The maximum absolute atomic E-state index is 14.2. The highest BCUT2D eigenvalue weighted by molar-refractivity contribution is 6.00. The standard InChI is InChI=1S/C32H30FN3O2/c1-21(2)35(32(38)26-19-25(26)22-9-4-3-5-10-22)20-30(37)36-28-12-7-6-11-27(28)34-18-8-13-29(34)31(36)23-14-16-24(33)17-15-23/h3-18,21,25-26,31H,19-20H2,1-2H3. The van der Waals surface area contributed by atoms with Crippen molar-refractivity contribution in [3.63, 3.8) is 0 Å². The summed E-state index contributed by atoms with van der Waals surface area (Å²) in [6, 6.07) is 27.6. The number of carbonyl (C=O) groups is 2. The number of aromatic nitrogens is 1. The molecule has 38 heavy (non-hydrogen) atoms. The van der Waals surface area contributed by atoms with Crippen molar-refractivity contribution in [2.45, 2.75) is 38.3 Å². The molecule has 0 saturated heterocycles. The van der Waals surface area contributed by atoms with Gasteiger partial charge in [0, 0.05) is 18.2 Å². The molecule has 3 aromatic carbocycles. The Balaban J connectivity index is 1.34. The van der Waals surface area contributed by atoms with E-state index in [1.807, 2.05) is 74.6 Å². The zero-order valence-electron chi connectivity index (χ0n) is 21.5. The van der Waals surface area contributed by atoms with Crippen molar-refractivity contribution < 1.29 is 14.0 Å². The van der Waals surface area contributed by atoms with Crippen molar-refractivity contribution in [1.82, 2.24) is 9.47 Å². The fourth-order valence-electron chi connectivity index (χ4n) is 5.71. The van der Waals surface area contributed by atoms with E-state index in [9.17, 15) is 14.0 Å². The molecule has 3 atom stereocenters. The van der Waals surface area contributed by atoms with Crippen molar-refractivity contribution in [3.05, 3.63) is 120 Å². The van der Waals surface area contributed by atoms with E-state index in [4.69, 9.17) is 0 Å². The molecule has 192 valence electrons. The topological polar surface area (TPSA) is 45.6 Å². The molecule has 0 spiro atoms. The fourth-order valence-corrected chi connectivity index (χ4v) is 5.71. The van der Waals surface area contributed by atoms with Crippen LogP contribution in [0.15, 0.2) is 97.2 Å². The van der Waals surface area contributed by atoms with Gasteiger partial charge in [0.2, 0.25) is 11.8 Å². The van der Waals surface area contributed by atoms with Gasteiger partial charge in [-0.15, -0.1) is 0 Å². The number of rotatable bonds is 6. The Morgan fingerprint density at radius 1 is 0.868 bits per heavy atom. The smallest absolute Gasteiger partial charge is 0.247 e. The number of nitrogens with zero attached hydrogens (tertiary/aromatic N) is 3. The van der Waals surface area contributed by atoms with Crippen LogP contribution in [0, 0.1) is 11.7 Å². The lowest BCUT2D eigenvalue weighted by atomic mass is 9.97. The molecule has 5 nitrogen and oxygen atoms in total. The minimum atomic E-state index is -0.449. The van der Waals surface area contributed by atoms with Crippen LogP contribution in [0.4, 0.5) is 10.1 Å². The number of anilines is 1. The summed E-state index contributed by atoms with van der Waals surface area (Å²) in [6.07, 6.45) is 2.78. The first-order chi connectivity index (χ1) is 18.4. The molecule has 0 N–H and O–H groups in total. The van der Waals surface area contributed by atoms with Crippen molar-refractivity contribution in [2.75, 3.05) is 11.4 Å². The number of halogens is 1. The molecule has 4 aromatic rings. The highest BCUT2D eigenvalue weighted by Crippen LogP contribution is 2.49.